The monoisotopic (exact) mass is 448 g/mol. The summed E-state index contributed by atoms with van der Waals surface area (Å²) in [5, 5.41) is 6.22. The standard InChI is InChI=1S/C23H19BrN3S/c24-21-20(17-10-4-1-5-11-17)16-28-23-26(19-14-8-3-9-15-19)22(25-27(21)23)18-12-6-2-7-13-18/h1-15,20-21H,16H2/q+1. The molecule has 2 heterocycles. The van der Waals surface area contributed by atoms with Crippen LogP contribution in [0.1, 0.15) is 16.4 Å². The molecule has 0 saturated heterocycles. The van der Waals surface area contributed by atoms with Crippen LogP contribution in [0.3, 0.4) is 0 Å². The van der Waals surface area contributed by atoms with E-state index in [1.807, 2.05) is 23.9 Å². The zero-order chi connectivity index (χ0) is 18.9. The van der Waals surface area contributed by atoms with E-state index < -0.39 is 0 Å². The number of fused-ring (bicyclic) bond motifs is 1. The summed E-state index contributed by atoms with van der Waals surface area (Å²) < 4.78 is 4.41. The van der Waals surface area contributed by atoms with Gasteiger partial charge in [-0.15, -0.1) is 0 Å². The maximum Gasteiger partial charge on any atom is 0.314 e. The molecule has 0 fully saturated rings. The van der Waals surface area contributed by atoms with Gasteiger partial charge in [0.05, 0.1) is 5.56 Å². The Morgan fingerprint density at radius 2 is 1.46 bits per heavy atom. The predicted octanol–water partition coefficient (Wildman–Crippen LogP) is 5.61. The highest BCUT2D eigenvalue weighted by atomic mass is 79.9. The molecule has 28 heavy (non-hydrogen) atoms. The minimum Gasteiger partial charge on any atom is -0.184 e. The molecule has 0 N–H and O–H groups in total. The summed E-state index contributed by atoms with van der Waals surface area (Å²) >= 11 is 5.82. The summed E-state index contributed by atoms with van der Waals surface area (Å²) in [6.07, 6.45) is 0. The van der Waals surface area contributed by atoms with E-state index in [0.717, 1.165) is 28.0 Å². The van der Waals surface area contributed by atoms with Crippen molar-refractivity contribution >= 4 is 27.7 Å². The Labute approximate surface area is 177 Å². The molecule has 4 aromatic rings. The van der Waals surface area contributed by atoms with Crippen molar-refractivity contribution in [1.29, 1.82) is 0 Å². The number of thioether (sulfide) groups is 1. The lowest BCUT2D eigenvalue weighted by Crippen LogP contribution is -2.36. The number of rotatable bonds is 3. The summed E-state index contributed by atoms with van der Waals surface area (Å²) in [6.45, 7) is 0. The van der Waals surface area contributed by atoms with Gasteiger partial charge < -0.3 is 0 Å². The molecule has 3 aromatic carbocycles. The zero-order valence-electron chi connectivity index (χ0n) is 15.1. The second-order valence-electron chi connectivity index (χ2n) is 6.79. The van der Waals surface area contributed by atoms with Crippen molar-refractivity contribution in [2.24, 2.45) is 0 Å². The molecule has 0 radical (unpaired) electrons. The molecule has 2 unspecified atom stereocenters. The van der Waals surface area contributed by atoms with Crippen LogP contribution in [-0.4, -0.2) is 15.5 Å². The second-order valence-corrected chi connectivity index (χ2v) is 8.71. The molecule has 3 nitrogen and oxygen atoms in total. The van der Waals surface area contributed by atoms with Crippen LogP contribution in [0, 0.1) is 0 Å². The molecule has 1 aromatic heterocycles. The van der Waals surface area contributed by atoms with Crippen LogP contribution in [-0.2, 0) is 0 Å². The van der Waals surface area contributed by atoms with Gasteiger partial charge in [-0.2, -0.15) is 4.57 Å². The molecule has 5 rings (SSSR count). The topological polar surface area (TPSA) is 21.7 Å². The van der Waals surface area contributed by atoms with Gasteiger partial charge in [-0.3, -0.25) is 0 Å². The van der Waals surface area contributed by atoms with E-state index in [1.165, 1.54) is 5.56 Å². The maximum atomic E-state index is 5.07. The fourth-order valence-corrected chi connectivity index (χ4v) is 6.10. The van der Waals surface area contributed by atoms with Gasteiger partial charge in [0, 0.05) is 16.8 Å². The van der Waals surface area contributed by atoms with Crippen molar-refractivity contribution in [3.05, 3.63) is 96.6 Å². The van der Waals surface area contributed by atoms with Crippen LogP contribution in [0.15, 0.2) is 96.2 Å². The summed E-state index contributed by atoms with van der Waals surface area (Å²) in [5.74, 6) is 2.34. The molecule has 5 heteroatoms. The van der Waals surface area contributed by atoms with Gasteiger partial charge in [-0.25, -0.2) is 0 Å². The lowest BCUT2D eigenvalue weighted by atomic mass is 10.0. The number of nitrogens with zero attached hydrogens (tertiary/aromatic N) is 3. The van der Waals surface area contributed by atoms with Crippen LogP contribution >= 0.6 is 27.7 Å². The van der Waals surface area contributed by atoms with Crippen LogP contribution < -0.4 is 4.57 Å². The first-order valence-corrected chi connectivity index (χ1v) is 11.2. The van der Waals surface area contributed by atoms with Crippen molar-refractivity contribution in [3.8, 4) is 17.1 Å². The molecule has 1 aliphatic heterocycles. The van der Waals surface area contributed by atoms with Crippen molar-refractivity contribution in [3.63, 3.8) is 0 Å². The highest BCUT2D eigenvalue weighted by molar-refractivity contribution is 9.09. The molecule has 0 amide bonds. The Morgan fingerprint density at radius 1 is 0.857 bits per heavy atom. The number of para-hydroxylation sites is 1. The van der Waals surface area contributed by atoms with Gasteiger partial charge in [0.1, 0.15) is 5.69 Å². The smallest absolute Gasteiger partial charge is 0.184 e. The van der Waals surface area contributed by atoms with Gasteiger partial charge in [0.2, 0.25) is 0 Å². The van der Waals surface area contributed by atoms with Crippen molar-refractivity contribution in [2.75, 3.05) is 5.75 Å². The van der Waals surface area contributed by atoms with Gasteiger partial charge >= 0.3 is 11.0 Å². The Morgan fingerprint density at radius 3 is 2.14 bits per heavy atom. The molecule has 1 aliphatic rings. The van der Waals surface area contributed by atoms with Crippen molar-refractivity contribution < 1.29 is 4.57 Å². The van der Waals surface area contributed by atoms with Gasteiger partial charge in [-0.1, -0.05) is 83.2 Å². The van der Waals surface area contributed by atoms with E-state index in [1.54, 1.807) is 0 Å². The van der Waals surface area contributed by atoms with Crippen LogP contribution in [0.4, 0.5) is 0 Å². The Kier molecular flexibility index (Phi) is 4.79. The Bertz CT molecular complexity index is 1080. The summed E-state index contributed by atoms with van der Waals surface area (Å²) in [7, 11) is 0. The third kappa shape index (κ3) is 3.09. The minimum absolute atomic E-state index is 0.110. The quantitative estimate of drug-likeness (QED) is 0.300. The van der Waals surface area contributed by atoms with E-state index in [2.05, 4.69) is 104 Å². The summed E-state index contributed by atoms with van der Waals surface area (Å²) in [5.41, 5.74) is 3.59. The average molecular weight is 449 g/mol. The highest BCUT2D eigenvalue weighted by Crippen LogP contribution is 2.43. The third-order valence-electron chi connectivity index (χ3n) is 5.03. The molecule has 0 aliphatic carbocycles. The van der Waals surface area contributed by atoms with Gasteiger partial charge in [0.25, 0.3) is 0 Å². The summed E-state index contributed by atoms with van der Waals surface area (Å²) in [4.78, 5) is 0.110. The number of benzene rings is 3. The number of hydrogen-bond donors (Lipinski definition) is 0. The second kappa shape index (κ2) is 7.57. The van der Waals surface area contributed by atoms with Crippen LogP contribution in [0.5, 0.6) is 0 Å². The van der Waals surface area contributed by atoms with E-state index >= 15 is 0 Å². The molecule has 138 valence electrons. The molecule has 0 saturated carbocycles. The normalized spacial score (nSPS) is 18.6. The lowest BCUT2D eigenvalue weighted by molar-refractivity contribution is -0.627. The number of alkyl halides is 1. The Balaban J connectivity index is 1.67. The van der Waals surface area contributed by atoms with Crippen LogP contribution in [0.2, 0.25) is 0 Å². The van der Waals surface area contributed by atoms with E-state index in [0.29, 0.717) is 5.92 Å². The van der Waals surface area contributed by atoms with Crippen LogP contribution in [0.25, 0.3) is 17.1 Å². The summed E-state index contributed by atoms with van der Waals surface area (Å²) in [6, 6.07) is 31.6. The van der Waals surface area contributed by atoms with Crippen molar-refractivity contribution in [1.82, 2.24) is 9.78 Å². The Hall–Kier alpha value is -2.37. The zero-order valence-corrected chi connectivity index (χ0v) is 17.6. The maximum absolute atomic E-state index is 5.07. The highest BCUT2D eigenvalue weighted by Gasteiger charge is 2.40. The number of aromatic nitrogens is 3. The van der Waals surface area contributed by atoms with E-state index in [9.17, 15) is 0 Å². The number of halogens is 1. The number of hydrogen-bond acceptors (Lipinski definition) is 2. The van der Waals surface area contributed by atoms with E-state index in [-0.39, 0.29) is 4.95 Å². The molecule has 0 spiro atoms. The predicted molar refractivity (Wildman–Crippen MR) is 117 cm³/mol. The SMILES string of the molecule is BrC1C(c2ccccc2)CSc2n1nc(-c1ccccc1)[n+]2-c1ccccc1. The first-order chi connectivity index (χ1) is 13.8. The molecule has 2 atom stereocenters. The van der Waals surface area contributed by atoms with Crippen molar-refractivity contribution in [2.45, 2.75) is 16.0 Å². The largest absolute Gasteiger partial charge is 0.314 e. The molecule has 0 bridgehead atoms. The van der Waals surface area contributed by atoms with E-state index in [4.69, 9.17) is 5.10 Å². The third-order valence-corrected chi connectivity index (χ3v) is 7.21. The molecular weight excluding hydrogens is 430 g/mol. The minimum atomic E-state index is 0.110. The fraction of sp³-hybridized carbons (Fsp3) is 0.130. The lowest BCUT2D eigenvalue weighted by Gasteiger charge is -2.24. The first-order valence-electron chi connectivity index (χ1n) is 9.30. The van der Waals surface area contributed by atoms with Gasteiger partial charge in [-0.05, 0) is 45.8 Å². The average Bonchev–Trinajstić information content (AvgIpc) is 3.16. The van der Waals surface area contributed by atoms with Gasteiger partial charge in [0.15, 0.2) is 4.95 Å². The molecular formula is C23H19BrN3S+. The fourth-order valence-electron chi connectivity index (χ4n) is 3.63. The first kappa shape index (κ1) is 17.7.